The van der Waals surface area contributed by atoms with Crippen LogP contribution in [0.2, 0.25) is 0 Å². The average molecular weight is 463 g/mol. The van der Waals surface area contributed by atoms with Crippen LogP contribution in [0.3, 0.4) is 0 Å². The number of hydrogen-bond donors (Lipinski definition) is 0. The second-order valence-corrected chi connectivity index (χ2v) is 9.62. The summed E-state index contributed by atoms with van der Waals surface area (Å²) < 4.78 is 54.8. The summed E-state index contributed by atoms with van der Waals surface area (Å²) in [5.74, 6) is -1.09. The van der Waals surface area contributed by atoms with E-state index in [9.17, 15) is 13.2 Å². The van der Waals surface area contributed by atoms with E-state index in [1.54, 1.807) is 13.0 Å². The molecule has 0 unspecified atom stereocenters. The first-order valence-electron chi connectivity index (χ1n) is 12.3. The van der Waals surface area contributed by atoms with Gasteiger partial charge in [-0.05, 0) is 86.0 Å². The van der Waals surface area contributed by atoms with Crippen LogP contribution in [-0.4, -0.2) is 19.3 Å². The Labute approximate surface area is 196 Å². The summed E-state index contributed by atoms with van der Waals surface area (Å²) in [5, 5.41) is 0. The first-order chi connectivity index (χ1) is 15.8. The SMILES string of the molecule is C=C(/C=C(/F)C(=C)OCC)COC1CCC(c2ccc(C3CCC(C)CC3)c(F)c2F)CC1. The van der Waals surface area contributed by atoms with Gasteiger partial charge in [0.1, 0.15) is 5.76 Å². The van der Waals surface area contributed by atoms with E-state index in [1.165, 1.54) is 6.08 Å². The molecular formula is C28H37F3O2. The third-order valence-electron chi connectivity index (χ3n) is 7.13. The highest BCUT2D eigenvalue weighted by molar-refractivity contribution is 5.32. The number of rotatable bonds is 9. The zero-order valence-electron chi connectivity index (χ0n) is 20.0. The van der Waals surface area contributed by atoms with Gasteiger partial charge >= 0.3 is 0 Å². The van der Waals surface area contributed by atoms with Crippen LogP contribution in [0.25, 0.3) is 0 Å². The largest absolute Gasteiger partial charge is 0.491 e. The zero-order valence-corrected chi connectivity index (χ0v) is 20.0. The fourth-order valence-corrected chi connectivity index (χ4v) is 5.09. The molecule has 182 valence electrons. The smallest absolute Gasteiger partial charge is 0.164 e. The Morgan fingerprint density at radius 1 is 0.939 bits per heavy atom. The molecule has 0 heterocycles. The van der Waals surface area contributed by atoms with E-state index in [4.69, 9.17) is 9.47 Å². The molecular weight excluding hydrogens is 425 g/mol. The van der Waals surface area contributed by atoms with Crippen LogP contribution in [0, 0.1) is 17.6 Å². The molecule has 2 aliphatic rings. The second kappa shape index (κ2) is 11.9. The minimum Gasteiger partial charge on any atom is -0.491 e. The monoisotopic (exact) mass is 462 g/mol. The molecule has 0 aromatic heterocycles. The van der Waals surface area contributed by atoms with E-state index in [0.29, 0.717) is 29.2 Å². The van der Waals surface area contributed by atoms with Crippen molar-refractivity contribution in [3.8, 4) is 0 Å². The Bertz CT molecular complexity index is 860. The topological polar surface area (TPSA) is 18.5 Å². The zero-order chi connectivity index (χ0) is 24.0. The first kappa shape index (κ1) is 25.6. The average Bonchev–Trinajstić information content (AvgIpc) is 2.81. The molecule has 2 saturated carbocycles. The van der Waals surface area contributed by atoms with E-state index in [0.717, 1.165) is 51.4 Å². The number of halogens is 3. The lowest BCUT2D eigenvalue weighted by Crippen LogP contribution is -2.22. The van der Waals surface area contributed by atoms with Crippen LogP contribution in [-0.2, 0) is 9.47 Å². The summed E-state index contributed by atoms with van der Waals surface area (Å²) >= 11 is 0. The van der Waals surface area contributed by atoms with Crippen LogP contribution >= 0.6 is 0 Å². The Kier molecular flexibility index (Phi) is 9.25. The van der Waals surface area contributed by atoms with Crippen molar-refractivity contribution >= 4 is 0 Å². The van der Waals surface area contributed by atoms with Crippen LogP contribution in [0.1, 0.15) is 88.2 Å². The maximum absolute atomic E-state index is 15.0. The van der Waals surface area contributed by atoms with Gasteiger partial charge in [0.05, 0.1) is 19.3 Å². The molecule has 0 bridgehead atoms. The fraction of sp³-hybridized carbons (Fsp3) is 0.571. The Morgan fingerprint density at radius 2 is 1.45 bits per heavy atom. The maximum Gasteiger partial charge on any atom is 0.164 e. The van der Waals surface area contributed by atoms with E-state index in [2.05, 4.69) is 20.1 Å². The van der Waals surface area contributed by atoms with Gasteiger partial charge in [-0.15, -0.1) is 0 Å². The van der Waals surface area contributed by atoms with Crippen molar-refractivity contribution in [2.45, 2.75) is 83.2 Å². The number of ether oxygens (including phenoxy) is 2. The highest BCUT2D eigenvalue weighted by atomic mass is 19.2. The summed E-state index contributed by atoms with van der Waals surface area (Å²) in [6.45, 7) is 11.9. The molecule has 0 saturated heterocycles. The maximum atomic E-state index is 15.0. The normalized spacial score (nSPS) is 26.2. The first-order valence-corrected chi connectivity index (χ1v) is 12.3. The predicted octanol–water partition coefficient (Wildman–Crippen LogP) is 8.26. The third kappa shape index (κ3) is 6.75. The van der Waals surface area contributed by atoms with Crippen molar-refractivity contribution in [2.24, 2.45) is 5.92 Å². The highest BCUT2D eigenvalue weighted by Gasteiger charge is 2.29. The molecule has 33 heavy (non-hydrogen) atoms. The predicted molar refractivity (Wildman–Crippen MR) is 127 cm³/mol. The Hall–Kier alpha value is -2.01. The molecule has 1 aromatic carbocycles. The lowest BCUT2D eigenvalue weighted by atomic mass is 9.77. The minimum absolute atomic E-state index is 0.000893. The molecule has 0 radical (unpaired) electrons. The van der Waals surface area contributed by atoms with Gasteiger partial charge in [-0.2, -0.15) is 0 Å². The molecule has 0 N–H and O–H groups in total. The summed E-state index contributed by atoms with van der Waals surface area (Å²) in [6.07, 6.45) is 8.27. The highest BCUT2D eigenvalue weighted by Crippen LogP contribution is 2.40. The molecule has 0 spiro atoms. The van der Waals surface area contributed by atoms with Crippen molar-refractivity contribution in [2.75, 3.05) is 13.2 Å². The van der Waals surface area contributed by atoms with Gasteiger partial charge in [0.15, 0.2) is 17.5 Å². The molecule has 0 amide bonds. The van der Waals surface area contributed by atoms with Gasteiger partial charge in [-0.3, -0.25) is 0 Å². The lowest BCUT2D eigenvalue weighted by Gasteiger charge is -2.30. The summed E-state index contributed by atoms with van der Waals surface area (Å²) in [7, 11) is 0. The molecule has 2 aliphatic carbocycles. The lowest BCUT2D eigenvalue weighted by molar-refractivity contribution is 0.0393. The van der Waals surface area contributed by atoms with Crippen LogP contribution in [0.5, 0.6) is 0 Å². The van der Waals surface area contributed by atoms with Crippen LogP contribution in [0.15, 0.2) is 48.5 Å². The van der Waals surface area contributed by atoms with Gasteiger partial charge in [-0.25, -0.2) is 13.2 Å². The van der Waals surface area contributed by atoms with Crippen LogP contribution < -0.4 is 0 Å². The standard InChI is InChI=1S/C28H37F3O2/c1-5-32-20(4)26(29)16-19(3)17-33-23-12-10-22(11-13-23)25-15-14-24(27(30)28(25)31)21-8-6-18(2)7-9-21/h14-16,18,21-23H,3-13,17H2,1-2H3/b26-16+. The molecule has 3 rings (SSSR count). The second-order valence-electron chi connectivity index (χ2n) is 9.62. The van der Waals surface area contributed by atoms with Gasteiger partial charge in [0.2, 0.25) is 0 Å². The van der Waals surface area contributed by atoms with Gasteiger partial charge in [-0.1, -0.05) is 45.1 Å². The van der Waals surface area contributed by atoms with E-state index in [1.807, 2.05) is 6.07 Å². The molecule has 0 aliphatic heterocycles. The van der Waals surface area contributed by atoms with Crippen LogP contribution in [0.4, 0.5) is 13.2 Å². The molecule has 0 atom stereocenters. The van der Waals surface area contributed by atoms with Crippen molar-refractivity contribution in [1.82, 2.24) is 0 Å². The van der Waals surface area contributed by atoms with E-state index >= 15 is 0 Å². The van der Waals surface area contributed by atoms with Crippen molar-refractivity contribution in [3.63, 3.8) is 0 Å². The van der Waals surface area contributed by atoms with Gasteiger partial charge in [0, 0.05) is 0 Å². The number of allylic oxidation sites excluding steroid dienone is 1. The number of hydrogen-bond acceptors (Lipinski definition) is 2. The van der Waals surface area contributed by atoms with Crippen molar-refractivity contribution < 1.29 is 22.6 Å². The summed E-state index contributed by atoms with van der Waals surface area (Å²) in [6, 6.07) is 3.62. The quantitative estimate of drug-likeness (QED) is 0.272. The molecule has 2 fully saturated rings. The minimum atomic E-state index is -0.668. The Morgan fingerprint density at radius 3 is 1.97 bits per heavy atom. The van der Waals surface area contributed by atoms with E-state index < -0.39 is 17.5 Å². The van der Waals surface area contributed by atoms with Crippen molar-refractivity contribution in [1.29, 1.82) is 0 Å². The Balaban J connectivity index is 1.51. The van der Waals surface area contributed by atoms with Crippen molar-refractivity contribution in [3.05, 3.63) is 71.3 Å². The number of benzene rings is 1. The molecule has 5 heteroatoms. The molecule has 2 nitrogen and oxygen atoms in total. The summed E-state index contributed by atoms with van der Waals surface area (Å²) in [5.41, 5.74) is 1.53. The molecule has 1 aromatic rings. The van der Waals surface area contributed by atoms with E-state index in [-0.39, 0.29) is 30.3 Å². The fourth-order valence-electron chi connectivity index (χ4n) is 5.09. The third-order valence-corrected chi connectivity index (χ3v) is 7.13. The van der Waals surface area contributed by atoms with Gasteiger partial charge < -0.3 is 9.47 Å². The summed E-state index contributed by atoms with van der Waals surface area (Å²) in [4.78, 5) is 0. The van der Waals surface area contributed by atoms with Gasteiger partial charge in [0.25, 0.3) is 0 Å².